The summed E-state index contributed by atoms with van der Waals surface area (Å²) in [6.45, 7) is 4.93. The predicted octanol–water partition coefficient (Wildman–Crippen LogP) is 1.34. The topological polar surface area (TPSA) is 57.2 Å². The van der Waals surface area contributed by atoms with Crippen LogP contribution in [0.4, 0.5) is 0 Å². The molecule has 0 radical (unpaired) electrons. The number of nitrogens with zero attached hydrogens (tertiary/aromatic N) is 1. The molecule has 6 nitrogen and oxygen atoms in total. The molecule has 22 heavy (non-hydrogen) atoms. The second kappa shape index (κ2) is 8.60. The van der Waals surface area contributed by atoms with Crippen molar-refractivity contribution in [1.29, 1.82) is 0 Å². The first-order valence-electron chi connectivity index (χ1n) is 7.47. The molecule has 122 valence electrons. The van der Waals surface area contributed by atoms with Gasteiger partial charge in [0.15, 0.2) is 0 Å². The van der Waals surface area contributed by atoms with E-state index in [0.29, 0.717) is 32.9 Å². The van der Waals surface area contributed by atoms with Gasteiger partial charge in [-0.2, -0.15) is 0 Å². The van der Waals surface area contributed by atoms with Crippen LogP contribution in [-0.2, 0) is 14.3 Å². The summed E-state index contributed by atoms with van der Waals surface area (Å²) < 4.78 is 21.5. The zero-order chi connectivity index (χ0) is 15.8. The molecule has 1 fully saturated rings. The van der Waals surface area contributed by atoms with E-state index in [2.05, 4.69) is 0 Å². The first-order chi connectivity index (χ1) is 10.7. The van der Waals surface area contributed by atoms with Gasteiger partial charge in [-0.05, 0) is 19.1 Å². The first-order valence-corrected chi connectivity index (χ1v) is 7.47. The minimum Gasteiger partial charge on any atom is -0.497 e. The minimum atomic E-state index is -0.197. The predicted molar refractivity (Wildman–Crippen MR) is 81.3 cm³/mol. The molecule has 1 aliphatic heterocycles. The van der Waals surface area contributed by atoms with E-state index < -0.39 is 0 Å². The van der Waals surface area contributed by atoms with E-state index in [1.807, 2.05) is 36.1 Å². The summed E-state index contributed by atoms with van der Waals surface area (Å²) in [5, 5.41) is 0. The molecule has 0 spiro atoms. The van der Waals surface area contributed by atoms with Gasteiger partial charge in [-0.1, -0.05) is 6.07 Å². The largest absolute Gasteiger partial charge is 0.497 e. The molecule has 1 atom stereocenters. The van der Waals surface area contributed by atoms with E-state index in [1.54, 1.807) is 7.11 Å². The molecule has 1 saturated heterocycles. The van der Waals surface area contributed by atoms with E-state index in [0.717, 1.165) is 18.0 Å². The van der Waals surface area contributed by atoms with Gasteiger partial charge in [0.05, 0.1) is 26.9 Å². The highest BCUT2D eigenvalue weighted by atomic mass is 16.5. The summed E-state index contributed by atoms with van der Waals surface area (Å²) in [4.78, 5) is 13.5. The molecular weight excluding hydrogens is 286 g/mol. The molecule has 0 N–H and O–H groups in total. The number of carbonyl (C=O) groups is 1. The quantitative estimate of drug-likeness (QED) is 0.709. The fourth-order valence-corrected chi connectivity index (χ4v) is 2.29. The molecule has 1 aromatic carbocycles. The highest BCUT2D eigenvalue weighted by molar-refractivity contribution is 5.71. The van der Waals surface area contributed by atoms with Crippen molar-refractivity contribution in [2.24, 2.45) is 0 Å². The average molecular weight is 309 g/mol. The second-order valence-electron chi connectivity index (χ2n) is 5.02. The van der Waals surface area contributed by atoms with Crippen molar-refractivity contribution in [3.05, 3.63) is 24.3 Å². The van der Waals surface area contributed by atoms with Crippen LogP contribution in [-0.4, -0.2) is 63.5 Å². The summed E-state index contributed by atoms with van der Waals surface area (Å²) in [6.07, 6.45) is -0.0608. The van der Waals surface area contributed by atoms with Gasteiger partial charge in [0.25, 0.3) is 0 Å². The lowest BCUT2D eigenvalue weighted by Crippen LogP contribution is -2.47. The van der Waals surface area contributed by atoms with Crippen LogP contribution in [0, 0.1) is 0 Å². The molecule has 1 aromatic rings. The molecule has 0 saturated carbocycles. The second-order valence-corrected chi connectivity index (χ2v) is 5.02. The van der Waals surface area contributed by atoms with Gasteiger partial charge in [0.1, 0.15) is 24.2 Å². The molecule has 1 aliphatic rings. The number of rotatable bonds is 7. The van der Waals surface area contributed by atoms with Gasteiger partial charge in [-0.25, -0.2) is 0 Å². The zero-order valence-electron chi connectivity index (χ0n) is 13.1. The molecule has 1 heterocycles. The maximum atomic E-state index is 11.5. The van der Waals surface area contributed by atoms with Crippen LogP contribution in [0.5, 0.6) is 11.5 Å². The molecule has 0 aliphatic carbocycles. The van der Waals surface area contributed by atoms with Crippen molar-refractivity contribution in [1.82, 2.24) is 4.90 Å². The molecule has 2 rings (SSSR count). The molecule has 0 bridgehead atoms. The Bertz CT molecular complexity index is 479. The maximum absolute atomic E-state index is 11.5. The minimum absolute atomic E-state index is 0.0608. The fourth-order valence-electron chi connectivity index (χ4n) is 2.29. The smallest absolute Gasteiger partial charge is 0.320 e. The number of hydrogen-bond acceptors (Lipinski definition) is 6. The molecular formula is C16H23NO5. The standard InChI is InChI=1S/C16H23NO5/c1-3-20-16(18)11-17-7-8-21-15(10-17)12-22-14-6-4-5-13(9-14)19-2/h4-6,9,15H,3,7-8,10-12H2,1-2H3. The van der Waals surface area contributed by atoms with Crippen molar-refractivity contribution in [2.45, 2.75) is 13.0 Å². The Morgan fingerprint density at radius 1 is 1.41 bits per heavy atom. The van der Waals surface area contributed by atoms with E-state index in [9.17, 15) is 4.79 Å². The molecule has 0 amide bonds. The van der Waals surface area contributed by atoms with E-state index in [-0.39, 0.29) is 12.1 Å². The number of methoxy groups -OCH3 is 1. The van der Waals surface area contributed by atoms with Gasteiger partial charge in [-0.15, -0.1) is 0 Å². The van der Waals surface area contributed by atoms with Gasteiger partial charge >= 0.3 is 5.97 Å². The molecule has 6 heteroatoms. The lowest BCUT2D eigenvalue weighted by atomic mass is 10.2. The molecule has 0 aromatic heterocycles. The summed E-state index contributed by atoms with van der Waals surface area (Å²) in [6, 6.07) is 7.45. The monoisotopic (exact) mass is 309 g/mol. The maximum Gasteiger partial charge on any atom is 0.320 e. The van der Waals surface area contributed by atoms with Crippen LogP contribution < -0.4 is 9.47 Å². The van der Waals surface area contributed by atoms with Crippen molar-refractivity contribution < 1.29 is 23.7 Å². The Morgan fingerprint density at radius 3 is 3.00 bits per heavy atom. The highest BCUT2D eigenvalue weighted by Gasteiger charge is 2.23. The van der Waals surface area contributed by atoms with Gasteiger partial charge in [0, 0.05) is 19.2 Å². The van der Waals surface area contributed by atoms with Crippen LogP contribution in [0.1, 0.15) is 6.92 Å². The third-order valence-electron chi connectivity index (χ3n) is 3.36. The summed E-state index contributed by atoms with van der Waals surface area (Å²) in [7, 11) is 1.62. The van der Waals surface area contributed by atoms with Crippen LogP contribution in [0.25, 0.3) is 0 Å². The zero-order valence-corrected chi connectivity index (χ0v) is 13.1. The highest BCUT2D eigenvalue weighted by Crippen LogP contribution is 2.19. The van der Waals surface area contributed by atoms with E-state index >= 15 is 0 Å². The number of benzene rings is 1. The van der Waals surface area contributed by atoms with Crippen LogP contribution in [0.2, 0.25) is 0 Å². The lowest BCUT2D eigenvalue weighted by Gasteiger charge is -2.32. The number of carbonyl (C=O) groups excluding carboxylic acids is 1. The van der Waals surface area contributed by atoms with Gasteiger partial charge in [0.2, 0.25) is 0 Å². The Balaban J connectivity index is 1.78. The SMILES string of the molecule is CCOC(=O)CN1CCOC(COc2cccc(OC)c2)C1. The first kappa shape index (κ1) is 16.6. The Labute approximate surface area is 130 Å². The summed E-state index contributed by atoms with van der Waals surface area (Å²) in [5.74, 6) is 1.30. The van der Waals surface area contributed by atoms with Crippen LogP contribution in [0.15, 0.2) is 24.3 Å². The number of morpholine rings is 1. The van der Waals surface area contributed by atoms with Crippen LogP contribution >= 0.6 is 0 Å². The summed E-state index contributed by atoms with van der Waals surface area (Å²) in [5.41, 5.74) is 0. The Kier molecular flexibility index (Phi) is 6.48. The van der Waals surface area contributed by atoms with Crippen molar-refractivity contribution in [2.75, 3.05) is 46.6 Å². The van der Waals surface area contributed by atoms with Gasteiger partial charge in [-0.3, -0.25) is 9.69 Å². The summed E-state index contributed by atoms with van der Waals surface area (Å²) >= 11 is 0. The third kappa shape index (κ3) is 5.20. The molecule has 1 unspecified atom stereocenters. The average Bonchev–Trinajstić information content (AvgIpc) is 2.54. The Morgan fingerprint density at radius 2 is 2.23 bits per heavy atom. The number of ether oxygens (including phenoxy) is 4. The van der Waals surface area contributed by atoms with Crippen molar-refractivity contribution >= 4 is 5.97 Å². The fraction of sp³-hybridized carbons (Fsp3) is 0.562. The van der Waals surface area contributed by atoms with Crippen molar-refractivity contribution in [3.8, 4) is 11.5 Å². The third-order valence-corrected chi connectivity index (χ3v) is 3.36. The van der Waals surface area contributed by atoms with E-state index in [1.165, 1.54) is 0 Å². The number of esters is 1. The van der Waals surface area contributed by atoms with Gasteiger partial charge < -0.3 is 18.9 Å². The number of hydrogen-bond donors (Lipinski definition) is 0. The van der Waals surface area contributed by atoms with E-state index in [4.69, 9.17) is 18.9 Å². The Hall–Kier alpha value is -1.79. The lowest BCUT2D eigenvalue weighted by molar-refractivity contribution is -0.146. The van der Waals surface area contributed by atoms with Crippen LogP contribution in [0.3, 0.4) is 0 Å². The van der Waals surface area contributed by atoms with Crippen molar-refractivity contribution in [3.63, 3.8) is 0 Å². The normalized spacial score (nSPS) is 18.7.